The van der Waals surface area contributed by atoms with E-state index in [4.69, 9.17) is 11.2 Å². The molecule has 2 rings (SSSR count). The fraction of sp³-hybridized carbons (Fsp3) is 0.333. The fourth-order valence-corrected chi connectivity index (χ4v) is 3.47. The van der Waals surface area contributed by atoms with Crippen molar-refractivity contribution in [3.05, 3.63) is 33.1 Å². The van der Waals surface area contributed by atoms with E-state index in [1.54, 1.807) is 12.1 Å². The van der Waals surface area contributed by atoms with Gasteiger partial charge in [-0.3, -0.25) is 14.5 Å². The van der Waals surface area contributed by atoms with E-state index < -0.39 is 0 Å². The van der Waals surface area contributed by atoms with Gasteiger partial charge in [-0.25, -0.2) is 0 Å². The van der Waals surface area contributed by atoms with Crippen molar-refractivity contribution in [2.24, 2.45) is 0 Å². The van der Waals surface area contributed by atoms with Crippen LogP contribution in [-0.2, 0) is 4.79 Å². The van der Waals surface area contributed by atoms with Gasteiger partial charge in [0.1, 0.15) is 12.4 Å². The molecule has 6 heteroatoms. The molecule has 1 aromatic carbocycles. The van der Waals surface area contributed by atoms with Crippen molar-refractivity contribution in [3.8, 4) is 18.1 Å². The molecule has 1 aliphatic rings. The van der Waals surface area contributed by atoms with Crippen LogP contribution in [0, 0.1) is 12.3 Å². The second-order valence-electron chi connectivity index (χ2n) is 5.22. The van der Waals surface area contributed by atoms with Gasteiger partial charge in [-0.05, 0) is 42.5 Å². The van der Waals surface area contributed by atoms with Crippen molar-refractivity contribution in [2.75, 3.05) is 13.2 Å². The van der Waals surface area contributed by atoms with Crippen LogP contribution < -0.4 is 4.74 Å². The molecule has 0 saturated carbocycles. The number of carbonyl (C=O) groups is 2. The quantitative estimate of drug-likeness (QED) is 0.373. The number of terminal acetylenes is 1. The Kier molecular flexibility index (Phi) is 6.95. The molecular weight excluding hydrogens is 390 g/mol. The molecule has 0 radical (unpaired) electrons. The highest BCUT2D eigenvalue weighted by Gasteiger charge is 2.34. The van der Waals surface area contributed by atoms with Gasteiger partial charge < -0.3 is 4.74 Å². The molecule has 0 unspecified atom stereocenters. The van der Waals surface area contributed by atoms with Crippen molar-refractivity contribution in [1.82, 2.24) is 4.90 Å². The van der Waals surface area contributed by atoms with Gasteiger partial charge in [0.05, 0.1) is 4.91 Å². The summed E-state index contributed by atoms with van der Waals surface area (Å²) < 4.78 is 6.35. The molecular formula is C18H18BrNO3S. The number of nitrogens with zero attached hydrogens (tertiary/aromatic N) is 1. The van der Waals surface area contributed by atoms with Gasteiger partial charge in [0.25, 0.3) is 11.1 Å². The lowest BCUT2D eigenvalue weighted by Gasteiger charge is -2.11. The minimum absolute atomic E-state index is 0.140. The van der Waals surface area contributed by atoms with Crippen LogP contribution in [0.5, 0.6) is 5.75 Å². The molecule has 0 aromatic heterocycles. The summed E-state index contributed by atoms with van der Waals surface area (Å²) in [6, 6.07) is 5.44. The molecule has 1 saturated heterocycles. The third kappa shape index (κ3) is 4.65. The third-order valence-corrected chi connectivity index (χ3v) is 4.83. The Morgan fingerprint density at radius 3 is 2.88 bits per heavy atom. The maximum absolute atomic E-state index is 12.5. The monoisotopic (exact) mass is 407 g/mol. The summed E-state index contributed by atoms with van der Waals surface area (Å²) in [7, 11) is 0. The topological polar surface area (TPSA) is 46.6 Å². The summed E-state index contributed by atoms with van der Waals surface area (Å²) >= 11 is 4.36. The van der Waals surface area contributed by atoms with Crippen LogP contribution in [0.15, 0.2) is 27.6 Å². The lowest BCUT2D eigenvalue weighted by atomic mass is 10.2. The zero-order valence-electron chi connectivity index (χ0n) is 13.4. The number of rotatable bonds is 7. The van der Waals surface area contributed by atoms with E-state index in [0.29, 0.717) is 22.8 Å². The molecule has 0 N–H and O–H groups in total. The van der Waals surface area contributed by atoms with E-state index in [0.717, 1.165) is 35.5 Å². The molecule has 1 aliphatic heterocycles. The fourth-order valence-electron chi connectivity index (χ4n) is 2.24. The van der Waals surface area contributed by atoms with Gasteiger partial charge in [0.2, 0.25) is 0 Å². The number of carbonyl (C=O) groups excluding carboxylic acids is 2. The SMILES string of the molecule is C#CCOc1ccc(Br)cc1/C=C1\SC(=O)N(CCCCC)C1=O. The van der Waals surface area contributed by atoms with Crippen molar-refractivity contribution in [2.45, 2.75) is 26.2 Å². The molecule has 1 heterocycles. The lowest BCUT2D eigenvalue weighted by Crippen LogP contribution is -2.29. The number of thioether (sulfide) groups is 1. The highest BCUT2D eigenvalue weighted by molar-refractivity contribution is 9.10. The summed E-state index contributed by atoms with van der Waals surface area (Å²) in [5.74, 6) is 2.75. The van der Waals surface area contributed by atoms with E-state index in [1.807, 2.05) is 12.1 Å². The summed E-state index contributed by atoms with van der Waals surface area (Å²) in [6.07, 6.45) is 9.78. The van der Waals surface area contributed by atoms with Crippen LogP contribution >= 0.6 is 27.7 Å². The first-order valence-corrected chi connectivity index (χ1v) is 9.29. The van der Waals surface area contributed by atoms with Crippen molar-refractivity contribution in [3.63, 3.8) is 0 Å². The van der Waals surface area contributed by atoms with Crippen molar-refractivity contribution >= 4 is 44.9 Å². The number of ether oxygens (including phenoxy) is 1. The Bertz CT molecular complexity index is 709. The number of imide groups is 1. The van der Waals surface area contributed by atoms with Crippen LogP contribution in [0.25, 0.3) is 6.08 Å². The summed E-state index contributed by atoms with van der Waals surface area (Å²) in [6.45, 7) is 2.69. The summed E-state index contributed by atoms with van der Waals surface area (Å²) in [5.41, 5.74) is 0.707. The second kappa shape index (κ2) is 8.95. The first-order chi connectivity index (χ1) is 11.6. The molecule has 1 aromatic rings. The van der Waals surface area contributed by atoms with E-state index in [9.17, 15) is 9.59 Å². The standard InChI is InChI=1S/C18H18BrNO3S/c1-3-5-6-9-20-17(21)16(24-18(20)22)12-13-11-14(19)7-8-15(13)23-10-4-2/h2,7-8,11-12H,3,5-6,9-10H2,1H3/b16-12-. The largest absolute Gasteiger partial charge is 0.480 e. The normalized spacial score (nSPS) is 15.9. The Balaban J connectivity index is 2.22. The summed E-state index contributed by atoms with van der Waals surface area (Å²) in [4.78, 5) is 26.2. The van der Waals surface area contributed by atoms with Crippen molar-refractivity contribution in [1.29, 1.82) is 0 Å². The van der Waals surface area contributed by atoms with E-state index >= 15 is 0 Å². The Hall–Kier alpha value is -1.71. The minimum Gasteiger partial charge on any atom is -0.480 e. The average Bonchev–Trinajstić information content (AvgIpc) is 2.82. The van der Waals surface area contributed by atoms with E-state index in [1.165, 1.54) is 4.90 Å². The van der Waals surface area contributed by atoms with Crippen LogP contribution in [0.4, 0.5) is 4.79 Å². The Labute approximate surface area is 154 Å². The smallest absolute Gasteiger partial charge is 0.293 e. The molecule has 24 heavy (non-hydrogen) atoms. The number of amides is 2. The maximum Gasteiger partial charge on any atom is 0.293 e. The van der Waals surface area contributed by atoms with E-state index in [-0.39, 0.29) is 17.8 Å². The number of hydrogen-bond donors (Lipinski definition) is 0. The maximum atomic E-state index is 12.5. The molecule has 0 atom stereocenters. The van der Waals surface area contributed by atoms with E-state index in [2.05, 4.69) is 28.8 Å². The minimum atomic E-state index is -0.246. The number of hydrogen-bond acceptors (Lipinski definition) is 4. The van der Waals surface area contributed by atoms with Gasteiger partial charge in [-0.15, -0.1) is 6.42 Å². The molecule has 0 aliphatic carbocycles. The molecule has 0 spiro atoms. The average molecular weight is 408 g/mol. The zero-order chi connectivity index (χ0) is 17.5. The summed E-state index contributed by atoms with van der Waals surface area (Å²) in [5, 5.41) is -0.219. The van der Waals surface area contributed by atoms with Crippen molar-refractivity contribution < 1.29 is 14.3 Å². The number of unbranched alkanes of at least 4 members (excludes halogenated alkanes) is 2. The van der Waals surface area contributed by atoms with Gasteiger partial charge in [0, 0.05) is 16.6 Å². The van der Waals surface area contributed by atoms with Crippen LogP contribution in [0.2, 0.25) is 0 Å². The first-order valence-electron chi connectivity index (χ1n) is 7.68. The second-order valence-corrected chi connectivity index (χ2v) is 7.12. The predicted octanol–water partition coefficient (Wildman–Crippen LogP) is 4.69. The Morgan fingerprint density at radius 2 is 2.17 bits per heavy atom. The zero-order valence-corrected chi connectivity index (χ0v) is 15.8. The number of benzene rings is 1. The molecule has 2 amide bonds. The van der Waals surface area contributed by atoms with Crippen LogP contribution in [0.1, 0.15) is 31.7 Å². The predicted molar refractivity (Wildman–Crippen MR) is 101 cm³/mol. The third-order valence-electron chi connectivity index (χ3n) is 3.43. The highest BCUT2D eigenvalue weighted by atomic mass is 79.9. The molecule has 1 fully saturated rings. The van der Waals surface area contributed by atoms with Gasteiger partial charge in [0.15, 0.2) is 0 Å². The first kappa shape index (κ1) is 18.6. The molecule has 126 valence electrons. The lowest BCUT2D eigenvalue weighted by molar-refractivity contribution is -0.122. The van der Waals surface area contributed by atoms with Gasteiger partial charge in [-0.2, -0.15) is 0 Å². The number of halogens is 1. The van der Waals surface area contributed by atoms with Crippen LogP contribution in [-0.4, -0.2) is 29.2 Å². The Morgan fingerprint density at radius 1 is 1.38 bits per heavy atom. The molecule has 0 bridgehead atoms. The highest BCUT2D eigenvalue weighted by Crippen LogP contribution is 2.35. The van der Waals surface area contributed by atoms with Crippen LogP contribution in [0.3, 0.4) is 0 Å². The molecule has 4 nitrogen and oxygen atoms in total. The van der Waals surface area contributed by atoms with Gasteiger partial charge >= 0.3 is 0 Å². The van der Waals surface area contributed by atoms with Gasteiger partial charge in [-0.1, -0.05) is 41.6 Å².